The molecule has 0 aliphatic heterocycles. The van der Waals surface area contributed by atoms with Gasteiger partial charge >= 0.3 is 0 Å². The second-order valence-corrected chi connectivity index (χ2v) is 2.88. The molecule has 0 heterocycles. The lowest BCUT2D eigenvalue weighted by Gasteiger charge is -2.31. The van der Waals surface area contributed by atoms with E-state index in [1.807, 2.05) is 13.8 Å². The van der Waals surface area contributed by atoms with Crippen molar-refractivity contribution in [3.05, 3.63) is 0 Å². The van der Waals surface area contributed by atoms with Crippen LogP contribution >= 0.6 is 0 Å². The average molecular weight is 174 g/mol. The van der Waals surface area contributed by atoms with Gasteiger partial charge in [0.2, 0.25) is 0 Å². The molecule has 2 heteroatoms. The fraction of sp³-hybridized carbons (Fsp3) is 1.00. The zero-order valence-corrected chi connectivity index (χ0v) is 8.85. The van der Waals surface area contributed by atoms with Crippen molar-refractivity contribution in [1.29, 1.82) is 0 Å². The Morgan fingerprint density at radius 3 is 1.67 bits per heavy atom. The standard InChI is InChI=1S/C10H22O2/c1-5-9-10(6-2,11-7-3)12-8-4/h5-9H2,1-4H3. The van der Waals surface area contributed by atoms with Crippen LogP contribution in [0.3, 0.4) is 0 Å². The summed E-state index contributed by atoms with van der Waals surface area (Å²) in [5.74, 6) is -0.307. The first-order chi connectivity index (χ1) is 5.74. The van der Waals surface area contributed by atoms with Gasteiger partial charge in [0.05, 0.1) is 0 Å². The summed E-state index contributed by atoms with van der Waals surface area (Å²) in [6, 6.07) is 0. The summed E-state index contributed by atoms with van der Waals surface area (Å²) in [5.41, 5.74) is 0. The maximum absolute atomic E-state index is 5.64. The lowest BCUT2D eigenvalue weighted by molar-refractivity contribution is -0.238. The smallest absolute Gasteiger partial charge is 0.167 e. The quantitative estimate of drug-likeness (QED) is 0.552. The Hall–Kier alpha value is -0.0800. The molecule has 0 N–H and O–H groups in total. The summed E-state index contributed by atoms with van der Waals surface area (Å²) >= 11 is 0. The van der Waals surface area contributed by atoms with Gasteiger partial charge in [0.15, 0.2) is 5.79 Å². The van der Waals surface area contributed by atoms with Gasteiger partial charge < -0.3 is 9.47 Å². The fourth-order valence-corrected chi connectivity index (χ4v) is 1.47. The van der Waals surface area contributed by atoms with Crippen LogP contribution in [-0.2, 0) is 9.47 Å². The lowest BCUT2D eigenvalue weighted by atomic mass is 10.1. The zero-order chi connectivity index (χ0) is 9.45. The van der Waals surface area contributed by atoms with E-state index in [0.717, 1.165) is 32.5 Å². The predicted octanol–water partition coefficient (Wildman–Crippen LogP) is 2.97. The molecule has 0 fully saturated rings. The second kappa shape index (κ2) is 6.44. The molecule has 0 saturated heterocycles. The van der Waals surface area contributed by atoms with Gasteiger partial charge in [-0.15, -0.1) is 0 Å². The Kier molecular flexibility index (Phi) is 6.39. The van der Waals surface area contributed by atoms with Gasteiger partial charge in [0.25, 0.3) is 0 Å². The molecule has 12 heavy (non-hydrogen) atoms. The Morgan fingerprint density at radius 1 is 0.917 bits per heavy atom. The molecule has 0 unspecified atom stereocenters. The molecule has 2 nitrogen and oxygen atoms in total. The molecule has 0 aromatic rings. The molecule has 0 aliphatic rings. The van der Waals surface area contributed by atoms with Crippen molar-refractivity contribution in [1.82, 2.24) is 0 Å². The number of hydrogen-bond acceptors (Lipinski definition) is 2. The van der Waals surface area contributed by atoms with Crippen molar-refractivity contribution in [2.24, 2.45) is 0 Å². The summed E-state index contributed by atoms with van der Waals surface area (Å²) in [5, 5.41) is 0. The first kappa shape index (κ1) is 11.9. The highest BCUT2D eigenvalue weighted by Crippen LogP contribution is 2.23. The maximum atomic E-state index is 5.64. The molecular formula is C10H22O2. The van der Waals surface area contributed by atoms with Crippen LogP contribution in [0.2, 0.25) is 0 Å². The van der Waals surface area contributed by atoms with Gasteiger partial charge in [-0.05, 0) is 20.3 Å². The highest BCUT2D eigenvalue weighted by Gasteiger charge is 2.27. The van der Waals surface area contributed by atoms with Crippen molar-refractivity contribution < 1.29 is 9.47 Å². The first-order valence-corrected chi connectivity index (χ1v) is 5.02. The third kappa shape index (κ3) is 3.55. The average Bonchev–Trinajstić information content (AvgIpc) is 2.06. The van der Waals surface area contributed by atoms with E-state index in [2.05, 4.69) is 13.8 Å². The van der Waals surface area contributed by atoms with Gasteiger partial charge in [-0.25, -0.2) is 0 Å². The molecule has 0 rings (SSSR count). The van der Waals surface area contributed by atoms with Gasteiger partial charge in [0, 0.05) is 19.6 Å². The molecule has 0 aromatic carbocycles. The van der Waals surface area contributed by atoms with Crippen LogP contribution in [0.1, 0.15) is 47.0 Å². The van der Waals surface area contributed by atoms with Crippen LogP contribution in [-0.4, -0.2) is 19.0 Å². The Balaban J connectivity index is 4.06. The maximum Gasteiger partial charge on any atom is 0.167 e. The number of ether oxygens (including phenoxy) is 2. The first-order valence-electron chi connectivity index (χ1n) is 5.02. The van der Waals surface area contributed by atoms with Crippen molar-refractivity contribution in [2.45, 2.75) is 52.7 Å². The molecule has 0 atom stereocenters. The van der Waals surface area contributed by atoms with Crippen LogP contribution in [0.25, 0.3) is 0 Å². The second-order valence-electron chi connectivity index (χ2n) is 2.88. The normalized spacial score (nSPS) is 12.0. The largest absolute Gasteiger partial charge is 0.350 e. The van der Waals surface area contributed by atoms with E-state index in [4.69, 9.17) is 9.47 Å². The molecule has 0 saturated carbocycles. The summed E-state index contributed by atoms with van der Waals surface area (Å²) in [7, 11) is 0. The van der Waals surface area contributed by atoms with E-state index in [-0.39, 0.29) is 5.79 Å². The minimum Gasteiger partial charge on any atom is -0.350 e. The Morgan fingerprint density at radius 2 is 1.42 bits per heavy atom. The van der Waals surface area contributed by atoms with Crippen molar-refractivity contribution in [3.63, 3.8) is 0 Å². The summed E-state index contributed by atoms with van der Waals surface area (Å²) < 4.78 is 11.3. The lowest BCUT2D eigenvalue weighted by Crippen LogP contribution is -2.35. The Labute approximate surface area is 76.3 Å². The molecule has 0 aliphatic carbocycles. The van der Waals surface area contributed by atoms with E-state index < -0.39 is 0 Å². The zero-order valence-electron chi connectivity index (χ0n) is 8.85. The SMILES string of the molecule is CCCC(CC)(OCC)OCC. The summed E-state index contributed by atoms with van der Waals surface area (Å²) in [4.78, 5) is 0. The molecule has 74 valence electrons. The van der Waals surface area contributed by atoms with E-state index >= 15 is 0 Å². The summed E-state index contributed by atoms with van der Waals surface area (Å²) in [6.45, 7) is 9.75. The monoisotopic (exact) mass is 174 g/mol. The fourth-order valence-electron chi connectivity index (χ4n) is 1.47. The third-order valence-corrected chi connectivity index (χ3v) is 1.98. The van der Waals surface area contributed by atoms with Crippen LogP contribution in [0, 0.1) is 0 Å². The summed E-state index contributed by atoms with van der Waals surface area (Å²) in [6.07, 6.45) is 3.03. The minimum atomic E-state index is -0.307. The molecule has 0 amide bonds. The van der Waals surface area contributed by atoms with E-state index in [0.29, 0.717) is 0 Å². The number of rotatable bonds is 7. The van der Waals surface area contributed by atoms with Gasteiger partial charge in [-0.3, -0.25) is 0 Å². The molecule has 0 bridgehead atoms. The van der Waals surface area contributed by atoms with E-state index in [1.54, 1.807) is 0 Å². The molecule has 0 spiro atoms. The van der Waals surface area contributed by atoms with E-state index in [1.165, 1.54) is 0 Å². The van der Waals surface area contributed by atoms with Crippen LogP contribution in [0.4, 0.5) is 0 Å². The third-order valence-electron chi connectivity index (χ3n) is 1.98. The topological polar surface area (TPSA) is 18.5 Å². The number of hydrogen-bond donors (Lipinski definition) is 0. The van der Waals surface area contributed by atoms with E-state index in [9.17, 15) is 0 Å². The van der Waals surface area contributed by atoms with Gasteiger partial charge in [0.1, 0.15) is 0 Å². The molecule has 0 radical (unpaired) electrons. The highest BCUT2D eigenvalue weighted by atomic mass is 16.7. The van der Waals surface area contributed by atoms with Crippen LogP contribution in [0.15, 0.2) is 0 Å². The van der Waals surface area contributed by atoms with Crippen LogP contribution < -0.4 is 0 Å². The molecular weight excluding hydrogens is 152 g/mol. The van der Waals surface area contributed by atoms with Crippen LogP contribution in [0.5, 0.6) is 0 Å². The van der Waals surface area contributed by atoms with Gasteiger partial charge in [-0.1, -0.05) is 20.3 Å². The Bertz CT molecular complexity index is 85.0. The van der Waals surface area contributed by atoms with Crippen molar-refractivity contribution >= 4 is 0 Å². The predicted molar refractivity (Wildman–Crippen MR) is 51.2 cm³/mol. The minimum absolute atomic E-state index is 0.307. The van der Waals surface area contributed by atoms with Gasteiger partial charge in [-0.2, -0.15) is 0 Å². The highest BCUT2D eigenvalue weighted by molar-refractivity contribution is 4.66. The van der Waals surface area contributed by atoms with Crippen molar-refractivity contribution in [2.75, 3.05) is 13.2 Å². The molecule has 0 aromatic heterocycles. The van der Waals surface area contributed by atoms with Crippen molar-refractivity contribution in [3.8, 4) is 0 Å².